The van der Waals surface area contributed by atoms with Crippen molar-refractivity contribution < 1.29 is 5.11 Å². The van der Waals surface area contributed by atoms with Crippen LogP contribution in [0.3, 0.4) is 0 Å². The summed E-state index contributed by atoms with van der Waals surface area (Å²) < 4.78 is 0. The number of piperazine rings is 1. The summed E-state index contributed by atoms with van der Waals surface area (Å²) in [4.78, 5) is 5.77. The molecule has 1 saturated heterocycles. The van der Waals surface area contributed by atoms with Crippen molar-refractivity contribution in [1.82, 2.24) is 15.2 Å². The Bertz CT molecular complexity index is 534. The van der Waals surface area contributed by atoms with Crippen molar-refractivity contribution in [1.29, 1.82) is 0 Å². The van der Waals surface area contributed by atoms with Crippen LogP contribution >= 0.6 is 12.4 Å². The van der Waals surface area contributed by atoms with E-state index in [4.69, 9.17) is 5.11 Å². The van der Waals surface area contributed by atoms with Gasteiger partial charge in [0.1, 0.15) is 0 Å². The van der Waals surface area contributed by atoms with Gasteiger partial charge in [-0.1, -0.05) is 12.1 Å². The summed E-state index contributed by atoms with van der Waals surface area (Å²) in [5.41, 5.74) is 3.42. The number of aromatic nitrogens is 1. The molecular formula is C14H20ClN3O. The Morgan fingerprint density at radius 1 is 1.21 bits per heavy atom. The molecule has 1 aliphatic rings. The number of nitrogens with zero attached hydrogens (tertiary/aromatic N) is 1. The van der Waals surface area contributed by atoms with Crippen molar-refractivity contribution in [2.75, 3.05) is 26.2 Å². The molecule has 1 aromatic carbocycles. The molecule has 5 heteroatoms. The van der Waals surface area contributed by atoms with Crippen LogP contribution in [0.4, 0.5) is 0 Å². The third-order valence-corrected chi connectivity index (χ3v) is 3.62. The predicted octanol–water partition coefficient (Wildman–Crippen LogP) is 1.49. The van der Waals surface area contributed by atoms with Gasteiger partial charge in [-0.3, -0.25) is 4.90 Å². The fourth-order valence-corrected chi connectivity index (χ4v) is 2.57. The van der Waals surface area contributed by atoms with E-state index in [1.54, 1.807) is 0 Å². The lowest BCUT2D eigenvalue weighted by molar-refractivity contribution is 0.234. The first kappa shape index (κ1) is 14.3. The highest BCUT2D eigenvalue weighted by Gasteiger charge is 2.12. The first-order chi connectivity index (χ1) is 8.86. The maximum Gasteiger partial charge on any atom is 0.0682 e. The van der Waals surface area contributed by atoms with Gasteiger partial charge in [-0.05, 0) is 17.2 Å². The van der Waals surface area contributed by atoms with E-state index in [9.17, 15) is 0 Å². The number of halogens is 1. The smallest absolute Gasteiger partial charge is 0.0682 e. The fourth-order valence-electron chi connectivity index (χ4n) is 2.57. The second-order valence-corrected chi connectivity index (χ2v) is 4.88. The largest absolute Gasteiger partial charge is 0.392 e. The van der Waals surface area contributed by atoms with Gasteiger partial charge in [-0.15, -0.1) is 12.4 Å². The van der Waals surface area contributed by atoms with Crippen molar-refractivity contribution in [2.24, 2.45) is 0 Å². The Labute approximate surface area is 119 Å². The second kappa shape index (κ2) is 6.39. The maximum atomic E-state index is 9.14. The Morgan fingerprint density at radius 2 is 2.00 bits per heavy atom. The van der Waals surface area contributed by atoms with E-state index in [1.807, 2.05) is 12.1 Å². The molecule has 0 bridgehead atoms. The molecule has 4 nitrogen and oxygen atoms in total. The molecule has 3 N–H and O–H groups in total. The molecule has 0 atom stereocenters. The lowest BCUT2D eigenvalue weighted by Crippen LogP contribution is -2.42. The van der Waals surface area contributed by atoms with E-state index in [0.29, 0.717) is 0 Å². The number of aliphatic hydroxyl groups excluding tert-OH is 1. The number of hydrogen-bond donors (Lipinski definition) is 3. The summed E-state index contributed by atoms with van der Waals surface area (Å²) >= 11 is 0. The summed E-state index contributed by atoms with van der Waals surface area (Å²) in [5.74, 6) is 0. The molecule has 19 heavy (non-hydrogen) atoms. The highest BCUT2D eigenvalue weighted by atomic mass is 35.5. The van der Waals surface area contributed by atoms with Crippen molar-refractivity contribution in [3.63, 3.8) is 0 Å². The molecule has 1 aliphatic heterocycles. The number of rotatable bonds is 3. The first-order valence-corrected chi connectivity index (χ1v) is 6.49. The Kier molecular flexibility index (Phi) is 4.82. The number of fused-ring (bicyclic) bond motifs is 1. The van der Waals surface area contributed by atoms with Crippen LogP contribution in [0.25, 0.3) is 10.9 Å². The van der Waals surface area contributed by atoms with Crippen LogP contribution in [0.5, 0.6) is 0 Å². The van der Waals surface area contributed by atoms with Crippen LogP contribution in [-0.2, 0) is 13.2 Å². The Hall–Kier alpha value is -1.07. The zero-order valence-electron chi connectivity index (χ0n) is 10.9. The summed E-state index contributed by atoms with van der Waals surface area (Å²) in [6.45, 7) is 5.49. The molecule has 104 valence electrons. The number of H-pyrrole nitrogens is 1. The van der Waals surface area contributed by atoms with E-state index in [0.717, 1.165) is 43.8 Å². The minimum atomic E-state index is 0. The minimum Gasteiger partial charge on any atom is -0.392 e. The van der Waals surface area contributed by atoms with Gasteiger partial charge < -0.3 is 15.4 Å². The van der Waals surface area contributed by atoms with Crippen molar-refractivity contribution in [3.05, 3.63) is 35.5 Å². The highest BCUT2D eigenvalue weighted by molar-refractivity contribution is 5.85. The van der Waals surface area contributed by atoms with Gasteiger partial charge >= 0.3 is 0 Å². The summed E-state index contributed by atoms with van der Waals surface area (Å²) in [6, 6.07) is 6.13. The molecule has 0 spiro atoms. The minimum absolute atomic E-state index is 0. The highest BCUT2D eigenvalue weighted by Crippen LogP contribution is 2.21. The Balaban J connectivity index is 0.00000133. The van der Waals surface area contributed by atoms with Gasteiger partial charge in [0.05, 0.1) is 6.61 Å². The van der Waals surface area contributed by atoms with Crippen LogP contribution in [0.1, 0.15) is 11.1 Å². The van der Waals surface area contributed by atoms with E-state index in [-0.39, 0.29) is 19.0 Å². The zero-order valence-corrected chi connectivity index (χ0v) is 11.7. The van der Waals surface area contributed by atoms with Gasteiger partial charge in [-0.25, -0.2) is 0 Å². The van der Waals surface area contributed by atoms with E-state index < -0.39 is 0 Å². The molecule has 0 aliphatic carbocycles. The van der Waals surface area contributed by atoms with E-state index in [1.165, 1.54) is 10.9 Å². The van der Waals surface area contributed by atoms with Crippen LogP contribution in [0.15, 0.2) is 24.4 Å². The normalized spacial score (nSPS) is 16.5. The molecule has 0 saturated carbocycles. The van der Waals surface area contributed by atoms with E-state index in [2.05, 4.69) is 27.5 Å². The second-order valence-electron chi connectivity index (χ2n) is 4.88. The van der Waals surface area contributed by atoms with Crippen LogP contribution in [-0.4, -0.2) is 41.2 Å². The molecule has 2 aromatic rings. The standard InChI is InChI=1S/C14H19N3O.ClH/c18-10-11-1-2-13-12(8-16-14(13)7-11)9-17-5-3-15-4-6-17;/h1-2,7-8,15-16,18H,3-6,9-10H2;1H. The van der Waals surface area contributed by atoms with Gasteiger partial charge in [0.2, 0.25) is 0 Å². The number of aromatic amines is 1. The van der Waals surface area contributed by atoms with Gasteiger partial charge in [0.15, 0.2) is 0 Å². The zero-order chi connectivity index (χ0) is 12.4. The third kappa shape index (κ3) is 3.09. The number of benzene rings is 1. The summed E-state index contributed by atoms with van der Waals surface area (Å²) in [7, 11) is 0. The van der Waals surface area contributed by atoms with Crippen molar-refractivity contribution in [2.45, 2.75) is 13.2 Å². The molecule has 0 amide bonds. The van der Waals surface area contributed by atoms with Gasteiger partial charge in [-0.2, -0.15) is 0 Å². The topological polar surface area (TPSA) is 51.3 Å². The molecule has 3 rings (SSSR count). The number of hydrogen-bond acceptors (Lipinski definition) is 3. The SMILES string of the molecule is Cl.OCc1ccc2c(CN3CCNCC3)c[nH]c2c1. The monoisotopic (exact) mass is 281 g/mol. The van der Waals surface area contributed by atoms with Gasteiger partial charge in [0.25, 0.3) is 0 Å². The predicted molar refractivity (Wildman–Crippen MR) is 79.6 cm³/mol. The Morgan fingerprint density at radius 3 is 2.74 bits per heavy atom. The molecule has 1 fully saturated rings. The third-order valence-electron chi connectivity index (χ3n) is 3.62. The van der Waals surface area contributed by atoms with Crippen LogP contribution in [0, 0.1) is 0 Å². The maximum absolute atomic E-state index is 9.14. The first-order valence-electron chi connectivity index (χ1n) is 6.49. The number of nitrogens with one attached hydrogen (secondary N) is 2. The lowest BCUT2D eigenvalue weighted by atomic mass is 10.1. The lowest BCUT2D eigenvalue weighted by Gasteiger charge is -2.26. The van der Waals surface area contributed by atoms with Crippen molar-refractivity contribution >= 4 is 23.3 Å². The molecule has 0 radical (unpaired) electrons. The summed E-state index contributed by atoms with van der Waals surface area (Å²) in [6.07, 6.45) is 2.09. The average Bonchev–Trinajstić information content (AvgIpc) is 2.82. The van der Waals surface area contributed by atoms with Crippen LogP contribution in [0.2, 0.25) is 0 Å². The summed E-state index contributed by atoms with van der Waals surface area (Å²) in [5, 5.41) is 13.8. The molecule has 2 heterocycles. The van der Waals surface area contributed by atoms with Crippen LogP contribution < -0.4 is 5.32 Å². The molecule has 0 unspecified atom stereocenters. The molecular weight excluding hydrogens is 262 g/mol. The van der Waals surface area contributed by atoms with Crippen molar-refractivity contribution in [3.8, 4) is 0 Å². The van der Waals surface area contributed by atoms with E-state index >= 15 is 0 Å². The average molecular weight is 282 g/mol. The number of aliphatic hydroxyl groups is 1. The fraction of sp³-hybridized carbons (Fsp3) is 0.429. The molecule has 1 aromatic heterocycles. The van der Waals surface area contributed by atoms with Gasteiger partial charge in [0, 0.05) is 49.8 Å². The quantitative estimate of drug-likeness (QED) is 0.799.